The number of aromatic nitrogens is 2. The fourth-order valence-corrected chi connectivity index (χ4v) is 1.39. The zero-order valence-electron chi connectivity index (χ0n) is 9.34. The van der Waals surface area contributed by atoms with Gasteiger partial charge in [0, 0.05) is 0 Å². The van der Waals surface area contributed by atoms with Gasteiger partial charge in [0.05, 0.1) is 0 Å². The van der Waals surface area contributed by atoms with Gasteiger partial charge in [-0.15, -0.1) is 0 Å². The predicted molar refractivity (Wildman–Crippen MR) is 66.9 cm³/mol. The van der Waals surface area contributed by atoms with Crippen LogP contribution in [0.3, 0.4) is 0 Å². The lowest BCUT2D eigenvalue weighted by molar-refractivity contribution is 0.0635. The molecule has 0 aliphatic carbocycles. The summed E-state index contributed by atoms with van der Waals surface area (Å²) in [6, 6.07) is 0. The minimum atomic E-state index is -0.703. The molecule has 0 bridgehead atoms. The highest BCUT2D eigenvalue weighted by atomic mass is 35.5. The van der Waals surface area contributed by atoms with Gasteiger partial charge in [0.25, 0.3) is 0 Å². The van der Waals surface area contributed by atoms with Crippen LogP contribution in [0, 0.1) is 0 Å². The average molecular weight is 299 g/mol. The topological polar surface area (TPSA) is 64.1 Å². The van der Waals surface area contributed by atoms with E-state index in [1.165, 1.54) is 0 Å². The normalized spacial score (nSPS) is 11.2. The lowest BCUT2D eigenvalue weighted by Crippen LogP contribution is -2.27. The number of hydrogen-bond donors (Lipinski definition) is 1. The molecule has 8 heteroatoms. The van der Waals surface area contributed by atoms with Crippen molar-refractivity contribution in [2.75, 3.05) is 5.32 Å². The number of carbonyl (C=O) groups excluding carboxylic acids is 1. The van der Waals surface area contributed by atoms with E-state index in [1.54, 1.807) is 20.8 Å². The van der Waals surface area contributed by atoms with Crippen LogP contribution in [0.2, 0.25) is 15.5 Å². The summed E-state index contributed by atoms with van der Waals surface area (Å²) >= 11 is 17.1. The summed E-state index contributed by atoms with van der Waals surface area (Å²) in [4.78, 5) is 18.8. The number of carbonyl (C=O) groups is 1. The first-order valence-electron chi connectivity index (χ1n) is 4.57. The van der Waals surface area contributed by atoms with Crippen molar-refractivity contribution < 1.29 is 9.53 Å². The molecule has 0 spiro atoms. The standard InChI is InChI=1S/C9H10Cl3N3O2/c1-9(2,3)17-8(16)15-6-4(10)5(11)13-7(12)14-6/h1-3H3,(H,13,14,15,16). The first-order valence-corrected chi connectivity index (χ1v) is 5.71. The molecule has 0 unspecified atom stereocenters. The molecular weight excluding hydrogens is 288 g/mol. The van der Waals surface area contributed by atoms with Crippen LogP contribution in [0.4, 0.5) is 10.6 Å². The molecule has 0 saturated carbocycles. The van der Waals surface area contributed by atoms with Crippen molar-refractivity contribution in [3.63, 3.8) is 0 Å². The summed E-state index contributed by atoms with van der Waals surface area (Å²) in [5.74, 6) is 0.00548. The Kier molecular flexibility index (Phi) is 4.41. The highest BCUT2D eigenvalue weighted by molar-refractivity contribution is 6.43. The number of hydrogen-bond acceptors (Lipinski definition) is 4. The third-order valence-corrected chi connectivity index (χ3v) is 2.30. The fourth-order valence-electron chi connectivity index (χ4n) is 0.877. The number of rotatable bonds is 1. The SMILES string of the molecule is CC(C)(C)OC(=O)Nc1nc(Cl)nc(Cl)c1Cl. The minimum absolute atomic E-state index is 0.00178. The summed E-state index contributed by atoms with van der Waals surface area (Å²) in [7, 11) is 0. The van der Waals surface area contributed by atoms with Gasteiger partial charge in [-0.1, -0.05) is 23.2 Å². The second kappa shape index (κ2) is 5.25. The van der Waals surface area contributed by atoms with E-state index in [9.17, 15) is 4.79 Å². The van der Waals surface area contributed by atoms with Gasteiger partial charge in [-0.3, -0.25) is 5.32 Å². The maximum absolute atomic E-state index is 11.5. The molecule has 0 atom stereocenters. The lowest BCUT2D eigenvalue weighted by atomic mass is 10.2. The molecule has 0 radical (unpaired) electrons. The Balaban J connectivity index is 2.85. The zero-order chi connectivity index (χ0) is 13.2. The van der Waals surface area contributed by atoms with Crippen LogP contribution in [-0.4, -0.2) is 21.7 Å². The van der Waals surface area contributed by atoms with Crippen molar-refractivity contribution in [2.24, 2.45) is 0 Å². The lowest BCUT2D eigenvalue weighted by Gasteiger charge is -2.19. The Bertz CT molecular complexity index is 446. The van der Waals surface area contributed by atoms with Gasteiger partial charge in [0.2, 0.25) is 5.28 Å². The van der Waals surface area contributed by atoms with E-state index in [4.69, 9.17) is 39.5 Å². The van der Waals surface area contributed by atoms with Gasteiger partial charge in [-0.25, -0.2) is 9.78 Å². The van der Waals surface area contributed by atoms with Crippen LogP contribution < -0.4 is 5.32 Å². The second-order valence-corrected chi connectivity index (χ2v) is 5.15. The Labute approximate surface area is 113 Å². The zero-order valence-corrected chi connectivity index (χ0v) is 11.6. The van der Waals surface area contributed by atoms with Gasteiger partial charge in [-0.2, -0.15) is 4.98 Å². The van der Waals surface area contributed by atoms with E-state index < -0.39 is 11.7 Å². The minimum Gasteiger partial charge on any atom is -0.444 e. The smallest absolute Gasteiger partial charge is 0.413 e. The van der Waals surface area contributed by atoms with Crippen molar-refractivity contribution in [3.8, 4) is 0 Å². The summed E-state index contributed by atoms with van der Waals surface area (Å²) in [6.07, 6.45) is -0.703. The van der Waals surface area contributed by atoms with E-state index in [2.05, 4.69) is 15.3 Å². The molecule has 0 aromatic carbocycles. The van der Waals surface area contributed by atoms with Crippen molar-refractivity contribution in [3.05, 3.63) is 15.5 Å². The maximum atomic E-state index is 11.5. The van der Waals surface area contributed by atoms with Crippen LogP contribution >= 0.6 is 34.8 Å². The molecule has 0 saturated heterocycles. The molecule has 1 rings (SSSR count). The summed E-state index contributed by atoms with van der Waals surface area (Å²) in [6.45, 7) is 5.19. The Morgan fingerprint density at radius 2 is 1.82 bits per heavy atom. The van der Waals surface area contributed by atoms with Gasteiger partial charge >= 0.3 is 6.09 Å². The molecule has 0 aliphatic rings. The van der Waals surface area contributed by atoms with Gasteiger partial charge in [-0.05, 0) is 32.4 Å². The van der Waals surface area contributed by atoms with Crippen LogP contribution in [0.15, 0.2) is 0 Å². The first-order chi connectivity index (χ1) is 7.69. The average Bonchev–Trinajstić information content (AvgIpc) is 2.10. The molecule has 1 heterocycles. The fraction of sp³-hybridized carbons (Fsp3) is 0.444. The summed E-state index contributed by atoms with van der Waals surface area (Å²) < 4.78 is 5.02. The quantitative estimate of drug-likeness (QED) is 0.633. The van der Waals surface area contributed by atoms with Gasteiger partial charge in [0.1, 0.15) is 10.6 Å². The molecule has 1 aromatic heterocycles. The van der Waals surface area contributed by atoms with Crippen molar-refractivity contribution in [1.29, 1.82) is 0 Å². The van der Waals surface area contributed by atoms with E-state index in [0.717, 1.165) is 0 Å². The monoisotopic (exact) mass is 297 g/mol. The third kappa shape index (κ3) is 4.53. The molecule has 1 amide bonds. The van der Waals surface area contributed by atoms with Crippen LogP contribution in [0.25, 0.3) is 0 Å². The number of nitrogens with one attached hydrogen (secondary N) is 1. The van der Waals surface area contributed by atoms with Crippen molar-refractivity contribution >= 4 is 46.7 Å². The maximum Gasteiger partial charge on any atom is 0.413 e. The van der Waals surface area contributed by atoms with E-state index in [0.29, 0.717) is 0 Å². The summed E-state index contributed by atoms with van der Waals surface area (Å²) in [5.41, 5.74) is -0.628. The molecule has 0 fully saturated rings. The van der Waals surface area contributed by atoms with Gasteiger partial charge < -0.3 is 4.74 Å². The molecule has 17 heavy (non-hydrogen) atoms. The van der Waals surface area contributed by atoms with Crippen LogP contribution in [-0.2, 0) is 4.74 Å². The van der Waals surface area contributed by atoms with Crippen LogP contribution in [0.1, 0.15) is 20.8 Å². The highest BCUT2D eigenvalue weighted by Crippen LogP contribution is 2.28. The molecule has 1 aromatic rings. The molecular formula is C9H10Cl3N3O2. The molecule has 1 N–H and O–H groups in total. The Morgan fingerprint density at radius 3 is 2.35 bits per heavy atom. The highest BCUT2D eigenvalue weighted by Gasteiger charge is 2.19. The number of anilines is 1. The van der Waals surface area contributed by atoms with E-state index in [1.807, 2.05) is 0 Å². The predicted octanol–water partition coefficient (Wildman–Crippen LogP) is 3.78. The second-order valence-electron chi connectivity index (χ2n) is 4.07. The van der Waals surface area contributed by atoms with Crippen molar-refractivity contribution in [2.45, 2.75) is 26.4 Å². The number of amides is 1. The van der Waals surface area contributed by atoms with E-state index >= 15 is 0 Å². The third-order valence-electron chi connectivity index (χ3n) is 1.40. The van der Waals surface area contributed by atoms with Crippen LogP contribution in [0.5, 0.6) is 0 Å². The molecule has 5 nitrogen and oxygen atoms in total. The number of ether oxygens (including phenoxy) is 1. The first kappa shape index (κ1) is 14.3. The van der Waals surface area contributed by atoms with E-state index in [-0.39, 0.29) is 21.3 Å². The van der Waals surface area contributed by atoms with Gasteiger partial charge in [0.15, 0.2) is 11.0 Å². The number of nitrogens with zero attached hydrogens (tertiary/aromatic N) is 2. The number of halogens is 3. The largest absolute Gasteiger partial charge is 0.444 e. The molecule has 94 valence electrons. The Hall–Kier alpha value is -0.780. The Morgan fingerprint density at radius 1 is 1.24 bits per heavy atom. The molecule has 0 aliphatic heterocycles. The summed E-state index contributed by atoms with van der Waals surface area (Å²) in [5, 5.41) is 2.17. The van der Waals surface area contributed by atoms with Crippen molar-refractivity contribution in [1.82, 2.24) is 9.97 Å².